The van der Waals surface area contributed by atoms with Gasteiger partial charge in [-0.1, -0.05) is 37.3 Å². The molecule has 5 heteroatoms. The highest BCUT2D eigenvalue weighted by Gasteiger charge is 2.19. The summed E-state index contributed by atoms with van der Waals surface area (Å²) >= 11 is 0. The van der Waals surface area contributed by atoms with Gasteiger partial charge < -0.3 is 10.3 Å². The van der Waals surface area contributed by atoms with Gasteiger partial charge in [0.25, 0.3) is 5.69 Å². The minimum absolute atomic E-state index is 0.104. The van der Waals surface area contributed by atoms with Crippen LogP contribution in [0.3, 0.4) is 0 Å². The zero-order chi connectivity index (χ0) is 16.4. The Labute approximate surface area is 134 Å². The first kappa shape index (κ1) is 15.2. The summed E-state index contributed by atoms with van der Waals surface area (Å²) in [6.45, 7) is 3.35. The first-order chi connectivity index (χ1) is 11.2. The molecule has 0 bridgehead atoms. The third kappa shape index (κ3) is 2.59. The van der Waals surface area contributed by atoms with Crippen molar-refractivity contribution in [3.8, 4) is 11.1 Å². The second kappa shape index (κ2) is 6.22. The van der Waals surface area contributed by atoms with Crippen LogP contribution in [-0.4, -0.2) is 9.49 Å². The number of fused-ring (bicyclic) bond motifs is 1. The van der Waals surface area contributed by atoms with Crippen molar-refractivity contribution in [3.63, 3.8) is 0 Å². The van der Waals surface area contributed by atoms with Gasteiger partial charge in [-0.2, -0.15) is 0 Å². The maximum Gasteiger partial charge on any atom is 0.270 e. The van der Waals surface area contributed by atoms with Crippen LogP contribution in [0, 0.1) is 10.1 Å². The minimum Gasteiger partial charge on any atom is -0.343 e. The van der Waals surface area contributed by atoms with Crippen LogP contribution in [0.2, 0.25) is 0 Å². The van der Waals surface area contributed by atoms with Gasteiger partial charge in [0.05, 0.1) is 4.92 Å². The van der Waals surface area contributed by atoms with E-state index in [9.17, 15) is 10.1 Å². The van der Waals surface area contributed by atoms with Crippen molar-refractivity contribution in [3.05, 3.63) is 64.3 Å². The zero-order valence-electron chi connectivity index (χ0n) is 13.0. The molecule has 118 valence electrons. The summed E-state index contributed by atoms with van der Waals surface area (Å²) in [6.07, 6.45) is 0.974. The second-order valence-corrected chi connectivity index (χ2v) is 5.50. The molecular weight excluding hydrogens is 290 g/mol. The van der Waals surface area contributed by atoms with Crippen LogP contribution in [0.5, 0.6) is 0 Å². The molecule has 2 N–H and O–H groups in total. The zero-order valence-corrected chi connectivity index (χ0v) is 13.0. The van der Waals surface area contributed by atoms with Crippen molar-refractivity contribution < 1.29 is 4.92 Å². The Balaban J connectivity index is 2.38. The third-order valence-electron chi connectivity index (χ3n) is 4.07. The van der Waals surface area contributed by atoms with E-state index >= 15 is 0 Å². The maximum absolute atomic E-state index is 11.2. The van der Waals surface area contributed by atoms with Gasteiger partial charge in [0.1, 0.15) is 0 Å². The summed E-state index contributed by atoms with van der Waals surface area (Å²) in [5.74, 6) is 0. The molecule has 0 saturated carbocycles. The van der Waals surface area contributed by atoms with Crippen LogP contribution in [0.4, 0.5) is 5.69 Å². The topological polar surface area (TPSA) is 74.1 Å². The average Bonchev–Trinajstić information content (AvgIpc) is 2.89. The van der Waals surface area contributed by atoms with E-state index in [0.717, 1.165) is 40.7 Å². The first-order valence-electron chi connectivity index (χ1n) is 7.72. The summed E-state index contributed by atoms with van der Waals surface area (Å²) < 4.78 is 2.18. The fourth-order valence-corrected chi connectivity index (χ4v) is 3.13. The Bertz CT molecular complexity index is 854. The first-order valence-corrected chi connectivity index (χ1v) is 7.72. The number of nitro groups is 1. The van der Waals surface area contributed by atoms with Gasteiger partial charge in [-0.3, -0.25) is 10.1 Å². The lowest BCUT2D eigenvalue weighted by Gasteiger charge is -2.09. The molecule has 0 amide bonds. The van der Waals surface area contributed by atoms with Crippen molar-refractivity contribution in [2.24, 2.45) is 5.73 Å². The summed E-state index contributed by atoms with van der Waals surface area (Å²) in [7, 11) is 0. The van der Waals surface area contributed by atoms with Gasteiger partial charge in [-0.15, -0.1) is 0 Å². The summed E-state index contributed by atoms with van der Waals surface area (Å²) in [5.41, 5.74) is 10.2. The summed E-state index contributed by atoms with van der Waals surface area (Å²) in [5, 5.41) is 12.0. The van der Waals surface area contributed by atoms with Gasteiger partial charge in [0, 0.05) is 47.4 Å². The molecule has 1 aromatic heterocycles. The molecule has 0 fully saturated rings. The standard InChI is InChI=1S/C18H19N3O2/c1-2-10-20-16-9-8-14(21(22)23)11-15(16)18(17(20)12-19)13-6-4-3-5-7-13/h3-9,11H,2,10,12,19H2,1H3. The Kier molecular flexibility index (Phi) is 4.12. The van der Waals surface area contributed by atoms with Gasteiger partial charge in [0.15, 0.2) is 0 Å². The smallest absolute Gasteiger partial charge is 0.270 e. The summed E-state index contributed by atoms with van der Waals surface area (Å²) in [4.78, 5) is 10.8. The van der Waals surface area contributed by atoms with Crippen LogP contribution in [0.25, 0.3) is 22.0 Å². The molecule has 0 unspecified atom stereocenters. The van der Waals surface area contributed by atoms with Gasteiger partial charge >= 0.3 is 0 Å². The van der Waals surface area contributed by atoms with Crippen LogP contribution in [0.15, 0.2) is 48.5 Å². The van der Waals surface area contributed by atoms with E-state index < -0.39 is 0 Å². The highest BCUT2D eigenvalue weighted by atomic mass is 16.6. The Morgan fingerprint density at radius 3 is 2.52 bits per heavy atom. The van der Waals surface area contributed by atoms with Crippen LogP contribution < -0.4 is 5.73 Å². The third-order valence-corrected chi connectivity index (χ3v) is 4.07. The van der Waals surface area contributed by atoms with E-state index in [1.54, 1.807) is 12.1 Å². The van der Waals surface area contributed by atoms with Gasteiger partial charge in [-0.05, 0) is 18.1 Å². The second-order valence-electron chi connectivity index (χ2n) is 5.50. The number of hydrogen-bond donors (Lipinski definition) is 1. The molecule has 2 aromatic carbocycles. The maximum atomic E-state index is 11.2. The van der Waals surface area contributed by atoms with Gasteiger partial charge in [-0.25, -0.2) is 0 Å². The van der Waals surface area contributed by atoms with E-state index in [1.165, 1.54) is 0 Å². The Hall–Kier alpha value is -2.66. The predicted octanol–water partition coefficient (Wildman–Crippen LogP) is 4.09. The van der Waals surface area contributed by atoms with Gasteiger partial charge in [0.2, 0.25) is 0 Å². The number of benzene rings is 2. The molecule has 23 heavy (non-hydrogen) atoms. The molecule has 0 aliphatic rings. The number of non-ortho nitro benzene ring substituents is 1. The quantitative estimate of drug-likeness (QED) is 0.570. The molecular formula is C18H19N3O2. The highest BCUT2D eigenvalue weighted by molar-refractivity contribution is 5.99. The van der Waals surface area contributed by atoms with Crippen molar-refractivity contribution in [1.82, 2.24) is 4.57 Å². The number of hydrogen-bond acceptors (Lipinski definition) is 3. The number of nitrogens with zero attached hydrogens (tertiary/aromatic N) is 2. The fraction of sp³-hybridized carbons (Fsp3) is 0.222. The van der Waals surface area contributed by atoms with Crippen molar-refractivity contribution >= 4 is 16.6 Å². The number of aromatic nitrogens is 1. The Morgan fingerprint density at radius 1 is 1.17 bits per heavy atom. The molecule has 5 nitrogen and oxygen atoms in total. The lowest BCUT2D eigenvalue weighted by Crippen LogP contribution is -2.08. The van der Waals surface area contributed by atoms with E-state index in [2.05, 4.69) is 11.5 Å². The highest BCUT2D eigenvalue weighted by Crippen LogP contribution is 2.36. The SMILES string of the molecule is CCCn1c(CN)c(-c2ccccc2)c2cc([N+](=O)[O-])ccc21. The minimum atomic E-state index is -0.354. The number of nitro benzene ring substituents is 1. The van der Waals surface area contributed by atoms with Crippen molar-refractivity contribution in [2.45, 2.75) is 26.4 Å². The van der Waals surface area contributed by atoms with Crippen LogP contribution in [-0.2, 0) is 13.1 Å². The number of rotatable bonds is 5. The van der Waals surface area contributed by atoms with E-state index in [0.29, 0.717) is 6.54 Å². The average molecular weight is 309 g/mol. The fourth-order valence-electron chi connectivity index (χ4n) is 3.13. The largest absolute Gasteiger partial charge is 0.343 e. The molecule has 0 aliphatic heterocycles. The lowest BCUT2D eigenvalue weighted by molar-refractivity contribution is -0.384. The molecule has 0 atom stereocenters. The molecule has 0 saturated heterocycles. The molecule has 0 radical (unpaired) electrons. The number of nitrogens with two attached hydrogens (primary N) is 1. The molecule has 3 rings (SSSR count). The van der Waals surface area contributed by atoms with E-state index in [-0.39, 0.29) is 10.6 Å². The van der Waals surface area contributed by atoms with E-state index in [1.807, 2.05) is 36.4 Å². The molecule has 0 spiro atoms. The normalized spacial score (nSPS) is 11.0. The number of aryl methyl sites for hydroxylation is 1. The molecule has 1 heterocycles. The van der Waals surface area contributed by atoms with Crippen molar-refractivity contribution in [1.29, 1.82) is 0 Å². The van der Waals surface area contributed by atoms with Crippen molar-refractivity contribution in [2.75, 3.05) is 0 Å². The molecule has 0 aliphatic carbocycles. The molecule has 3 aromatic rings. The Morgan fingerprint density at radius 2 is 1.91 bits per heavy atom. The summed E-state index contributed by atoms with van der Waals surface area (Å²) in [6, 6.07) is 15.0. The van der Waals surface area contributed by atoms with E-state index in [4.69, 9.17) is 5.73 Å². The lowest BCUT2D eigenvalue weighted by atomic mass is 10.0. The van der Waals surface area contributed by atoms with Crippen LogP contribution >= 0.6 is 0 Å². The van der Waals surface area contributed by atoms with Crippen LogP contribution in [0.1, 0.15) is 19.0 Å². The predicted molar refractivity (Wildman–Crippen MR) is 92.2 cm³/mol. The monoisotopic (exact) mass is 309 g/mol.